The Morgan fingerprint density at radius 1 is 1.21 bits per heavy atom. The Balaban J connectivity index is 1.60. The molecule has 2 aromatic carbocycles. The van der Waals surface area contributed by atoms with E-state index in [1.165, 1.54) is 12.1 Å². The minimum absolute atomic E-state index is 0.00166. The predicted molar refractivity (Wildman–Crippen MR) is 110 cm³/mol. The number of fused-ring (bicyclic) bond motifs is 1. The van der Waals surface area contributed by atoms with Crippen molar-refractivity contribution in [2.45, 2.75) is 23.5 Å². The highest BCUT2D eigenvalue weighted by atomic mass is 32.2. The molecule has 2 amide bonds. The van der Waals surface area contributed by atoms with Crippen molar-refractivity contribution in [2.24, 2.45) is 0 Å². The van der Waals surface area contributed by atoms with E-state index < -0.39 is 5.82 Å². The molecule has 0 fully saturated rings. The predicted octanol–water partition coefficient (Wildman–Crippen LogP) is 2.20. The summed E-state index contributed by atoms with van der Waals surface area (Å²) in [6.07, 6.45) is 0.921. The maximum atomic E-state index is 13.2. The van der Waals surface area contributed by atoms with Crippen LogP contribution in [0.1, 0.15) is 13.3 Å². The number of quaternary nitrogens is 1. The van der Waals surface area contributed by atoms with Crippen molar-refractivity contribution in [1.29, 1.82) is 0 Å². The molecule has 0 aliphatic carbocycles. The van der Waals surface area contributed by atoms with Crippen molar-refractivity contribution in [3.05, 3.63) is 54.3 Å². The Morgan fingerprint density at radius 2 is 2.00 bits per heavy atom. The van der Waals surface area contributed by atoms with Gasteiger partial charge in [-0.05, 0) is 36.8 Å². The standard InChI is InChI=1S/C21H24FN3O2S/c1-15-10-11-25(18-8-3-4-9-19(18)28-15)21(27)14-24(2)13-20(26)23-17-7-5-6-16(22)12-17/h3-9,12,15H,10-11,13-14H2,1-2H3,(H,23,26)/p+1/t15-/m0/s1. The molecular weight excluding hydrogens is 377 g/mol. The van der Waals surface area contributed by atoms with Crippen LogP contribution in [-0.2, 0) is 9.59 Å². The maximum absolute atomic E-state index is 13.2. The van der Waals surface area contributed by atoms with Crippen molar-refractivity contribution < 1.29 is 18.9 Å². The van der Waals surface area contributed by atoms with Gasteiger partial charge in [-0.2, -0.15) is 0 Å². The molecule has 2 aromatic rings. The third-order valence-electron chi connectivity index (χ3n) is 4.57. The van der Waals surface area contributed by atoms with Gasteiger partial charge in [-0.1, -0.05) is 25.1 Å². The molecule has 1 unspecified atom stereocenters. The number of carbonyl (C=O) groups excluding carboxylic acids is 2. The summed E-state index contributed by atoms with van der Waals surface area (Å²) in [5, 5.41) is 3.12. The zero-order valence-electron chi connectivity index (χ0n) is 16.1. The number of halogens is 1. The molecule has 1 aliphatic rings. The van der Waals surface area contributed by atoms with E-state index in [9.17, 15) is 14.0 Å². The van der Waals surface area contributed by atoms with Gasteiger partial charge in [-0.15, -0.1) is 11.8 Å². The van der Waals surface area contributed by atoms with Crippen LogP contribution in [0.5, 0.6) is 0 Å². The number of hydrogen-bond donors (Lipinski definition) is 2. The van der Waals surface area contributed by atoms with Gasteiger partial charge in [0, 0.05) is 22.4 Å². The summed E-state index contributed by atoms with van der Waals surface area (Å²) in [4.78, 5) is 28.9. The largest absolute Gasteiger partial charge is 0.322 e. The minimum Gasteiger partial charge on any atom is -0.322 e. The lowest BCUT2D eigenvalue weighted by atomic mass is 10.2. The van der Waals surface area contributed by atoms with E-state index in [-0.39, 0.29) is 24.9 Å². The molecule has 1 heterocycles. The molecule has 2 N–H and O–H groups in total. The highest BCUT2D eigenvalue weighted by Gasteiger charge is 2.26. The summed E-state index contributed by atoms with van der Waals surface area (Å²) in [5.41, 5.74) is 1.36. The molecular formula is C21H25FN3O2S+. The van der Waals surface area contributed by atoms with E-state index in [0.29, 0.717) is 17.5 Å². The second-order valence-electron chi connectivity index (χ2n) is 7.10. The zero-order valence-corrected chi connectivity index (χ0v) is 16.9. The number of hydrogen-bond acceptors (Lipinski definition) is 3. The quantitative estimate of drug-likeness (QED) is 0.806. The number of likely N-dealkylation sites (N-methyl/N-ethyl adjacent to an activating group) is 1. The van der Waals surface area contributed by atoms with Crippen LogP contribution in [-0.4, -0.2) is 43.7 Å². The molecule has 2 atom stereocenters. The fourth-order valence-corrected chi connectivity index (χ4v) is 4.32. The molecule has 148 valence electrons. The van der Waals surface area contributed by atoms with Gasteiger partial charge >= 0.3 is 0 Å². The molecule has 1 aliphatic heterocycles. The number of carbonyl (C=O) groups is 2. The number of para-hydroxylation sites is 1. The van der Waals surface area contributed by atoms with E-state index >= 15 is 0 Å². The summed E-state index contributed by atoms with van der Waals surface area (Å²) in [5.74, 6) is -0.657. The second kappa shape index (κ2) is 9.21. The van der Waals surface area contributed by atoms with E-state index in [0.717, 1.165) is 21.9 Å². The fourth-order valence-electron chi connectivity index (χ4n) is 3.21. The Morgan fingerprint density at radius 3 is 2.79 bits per heavy atom. The second-order valence-corrected chi connectivity index (χ2v) is 8.58. The number of benzene rings is 2. The number of nitrogens with zero attached hydrogens (tertiary/aromatic N) is 1. The normalized spacial score (nSPS) is 17.4. The first kappa shape index (κ1) is 20.4. The van der Waals surface area contributed by atoms with Crippen molar-refractivity contribution >= 4 is 35.0 Å². The van der Waals surface area contributed by atoms with Crippen molar-refractivity contribution in [3.8, 4) is 0 Å². The van der Waals surface area contributed by atoms with Gasteiger partial charge in [-0.25, -0.2) is 4.39 Å². The van der Waals surface area contributed by atoms with Gasteiger partial charge in [0.05, 0.1) is 12.7 Å². The van der Waals surface area contributed by atoms with Crippen LogP contribution in [0.25, 0.3) is 0 Å². The Labute approximate surface area is 168 Å². The summed E-state index contributed by atoms with van der Waals surface area (Å²) in [6, 6.07) is 13.7. The van der Waals surface area contributed by atoms with Crippen molar-refractivity contribution in [1.82, 2.24) is 0 Å². The zero-order chi connectivity index (χ0) is 20.1. The topological polar surface area (TPSA) is 53.9 Å². The van der Waals surface area contributed by atoms with E-state index in [1.807, 2.05) is 36.2 Å². The number of thioether (sulfide) groups is 1. The van der Waals surface area contributed by atoms with Gasteiger partial charge in [0.15, 0.2) is 13.1 Å². The Kier molecular flexibility index (Phi) is 6.70. The van der Waals surface area contributed by atoms with Crippen molar-refractivity contribution in [2.75, 3.05) is 36.9 Å². The Hall–Kier alpha value is -2.38. The molecule has 0 saturated carbocycles. The minimum atomic E-state index is -0.402. The van der Waals surface area contributed by atoms with E-state index in [1.54, 1.807) is 23.9 Å². The molecule has 5 nitrogen and oxygen atoms in total. The van der Waals surface area contributed by atoms with Crippen molar-refractivity contribution in [3.63, 3.8) is 0 Å². The highest BCUT2D eigenvalue weighted by Crippen LogP contribution is 2.37. The van der Waals surface area contributed by atoms with E-state index in [4.69, 9.17) is 0 Å². The molecule has 0 radical (unpaired) electrons. The Bertz CT molecular complexity index is 861. The van der Waals surface area contributed by atoms with Gasteiger partial charge < -0.3 is 15.1 Å². The molecule has 0 aromatic heterocycles. The molecule has 0 spiro atoms. The van der Waals surface area contributed by atoms with Gasteiger partial charge in [0.1, 0.15) is 5.82 Å². The van der Waals surface area contributed by atoms with Crippen LogP contribution >= 0.6 is 11.8 Å². The van der Waals surface area contributed by atoms with Crippen LogP contribution in [0.4, 0.5) is 15.8 Å². The molecule has 3 rings (SSSR count). The lowest BCUT2D eigenvalue weighted by Crippen LogP contribution is -3.11. The first-order valence-electron chi connectivity index (χ1n) is 9.35. The first-order chi connectivity index (χ1) is 13.4. The van der Waals surface area contributed by atoms with Gasteiger partial charge in [-0.3, -0.25) is 9.59 Å². The number of anilines is 2. The summed E-state index contributed by atoms with van der Waals surface area (Å²) >= 11 is 1.79. The average Bonchev–Trinajstić information content (AvgIpc) is 2.79. The smallest absolute Gasteiger partial charge is 0.282 e. The summed E-state index contributed by atoms with van der Waals surface area (Å²) in [6.45, 7) is 3.18. The fraction of sp³-hybridized carbons (Fsp3) is 0.333. The number of amides is 2. The van der Waals surface area contributed by atoms with Crippen LogP contribution in [0.2, 0.25) is 0 Å². The third-order valence-corrected chi connectivity index (χ3v) is 5.81. The monoisotopic (exact) mass is 402 g/mol. The first-order valence-corrected chi connectivity index (χ1v) is 10.2. The highest BCUT2D eigenvalue weighted by molar-refractivity contribution is 8.00. The number of rotatable bonds is 5. The lowest BCUT2D eigenvalue weighted by Gasteiger charge is -2.24. The number of nitrogens with one attached hydrogen (secondary N) is 2. The van der Waals surface area contributed by atoms with Crippen LogP contribution in [0.15, 0.2) is 53.4 Å². The SMILES string of the molecule is C[C@H]1CCN(C(=O)C[NH+](C)CC(=O)Nc2cccc(F)c2)c2ccccc2S1. The van der Waals surface area contributed by atoms with Crippen LogP contribution < -0.4 is 15.1 Å². The summed E-state index contributed by atoms with van der Waals surface area (Å²) in [7, 11) is 1.81. The van der Waals surface area contributed by atoms with Gasteiger partial charge in [0.2, 0.25) is 0 Å². The van der Waals surface area contributed by atoms with E-state index in [2.05, 4.69) is 12.2 Å². The average molecular weight is 403 g/mol. The molecule has 0 saturated heterocycles. The maximum Gasteiger partial charge on any atom is 0.282 e. The van der Waals surface area contributed by atoms with Crippen LogP contribution in [0, 0.1) is 5.82 Å². The molecule has 28 heavy (non-hydrogen) atoms. The van der Waals surface area contributed by atoms with Crippen LogP contribution in [0.3, 0.4) is 0 Å². The molecule has 0 bridgehead atoms. The third kappa shape index (κ3) is 5.33. The lowest BCUT2D eigenvalue weighted by molar-refractivity contribution is -0.862. The summed E-state index contributed by atoms with van der Waals surface area (Å²) < 4.78 is 13.2. The van der Waals surface area contributed by atoms with Gasteiger partial charge in [0.25, 0.3) is 11.8 Å². The molecule has 7 heteroatoms.